The molecule has 1 N–H and O–H groups in total. The number of nitrogens with one attached hydrogen (secondary N) is 1. The van der Waals surface area contributed by atoms with Crippen LogP contribution in [0.3, 0.4) is 0 Å². The number of hydrogen-bond donors (Lipinski definition) is 1. The molecule has 0 bridgehead atoms. The Morgan fingerprint density at radius 2 is 1.89 bits per heavy atom. The summed E-state index contributed by atoms with van der Waals surface area (Å²) in [5, 5.41) is 2.73. The van der Waals surface area contributed by atoms with E-state index in [1.807, 2.05) is 0 Å². The number of sulfone groups is 1. The molecule has 0 aliphatic heterocycles. The summed E-state index contributed by atoms with van der Waals surface area (Å²) in [5.41, 5.74) is -5.34. The van der Waals surface area contributed by atoms with Crippen LogP contribution in [0.25, 0.3) is 0 Å². The highest BCUT2D eigenvalue weighted by Crippen LogP contribution is 2.35. The molecule has 0 radical (unpaired) electrons. The minimum Gasteiger partial charge on any atom is -0.491 e. The average molecular weight is 283 g/mol. The molecule has 102 valence electrons. The average Bonchev–Trinajstić information content (AvgIpc) is 2.28. The predicted octanol–water partition coefficient (Wildman–Crippen LogP) is 1.58. The molecule has 0 amide bonds. The van der Waals surface area contributed by atoms with Gasteiger partial charge in [0.15, 0.2) is 0 Å². The second-order valence-corrected chi connectivity index (χ2v) is 5.26. The molecule has 0 saturated carbocycles. The monoisotopic (exact) mass is 283 g/mol. The third kappa shape index (κ3) is 3.14. The molecule has 18 heavy (non-hydrogen) atoms. The van der Waals surface area contributed by atoms with Crippen LogP contribution in [-0.4, -0.2) is 34.1 Å². The lowest BCUT2D eigenvalue weighted by molar-refractivity contribution is -0.0437. The minimum atomic E-state index is -5.39. The van der Waals surface area contributed by atoms with Crippen LogP contribution in [0.5, 0.6) is 5.75 Å². The van der Waals surface area contributed by atoms with Crippen molar-refractivity contribution >= 4 is 9.84 Å². The van der Waals surface area contributed by atoms with Crippen molar-refractivity contribution < 1.29 is 26.3 Å². The molecule has 0 unspecified atom stereocenters. The predicted molar refractivity (Wildman–Crippen MR) is 59.1 cm³/mol. The van der Waals surface area contributed by atoms with Gasteiger partial charge in [-0.15, -0.1) is 0 Å². The molecule has 0 aliphatic rings. The number of rotatable bonds is 5. The summed E-state index contributed by atoms with van der Waals surface area (Å²) >= 11 is 0. The van der Waals surface area contributed by atoms with Gasteiger partial charge in [-0.05, 0) is 19.2 Å². The molecule has 0 fully saturated rings. The Hall–Kier alpha value is -1.28. The maximum Gasteiger partial charge on any atom is 0.502 e. The van der Waals surface area contributed by atoms with Crippen molar-refractivity contribution in [2.45, 2.75) is 10.4 Å². The Balaban J connectivity index is 3.10. The molecule has 0 heterocycles. The number of halogens is 3. The highest BCUT2D eigenvalue weighted by atomic mass is 32.2. The van der Waals surface area contributed by atoms with E-state index in [0.717, 1.165) is 6.07 Å². The third-order valence-electron chi connectivity index (χ3n) is 2.05. The van der Waals surface area contributed by atoms with Gasteiger partial charge in [-0.25, -0.2) is 8.42 Å². The number of para-hydroxylation sites is 1. The van der Waals surface area contributed by atoms with E-state index < -0.39 is 20.2 Å². The Labute approximate surface area is 103 Å². The fourth-order valence-corrected chi connectivity index (χ4v) is 2.08. The van der Waals surface area contributed by atoms with Gasteiger partial charge in [0.25, 0.3) is 9.84 Å². The van der Waals surface area contributed by atoms with Crippen LogP contribution in [0.15, 0.2) is 29.2 Å². The zero-order valence-corrected chi connectivity index (χ0v) is 10.3. The van der Waals surface area contributed by atoms with Crippen LogP contribution in [0, 0.1) is 0 Å². The quantitative estimate of drug-likeness (QED) is 0.834. The first-order valence-corrected chi connectivity index (χ1v) is 6.47. The van der Waals surface area contributed by atoms with E-state index in [1.165, 1.54) is 18.2 Å². The molecule has 0 saturated heterocycles. The van der Waals surface area contributed by atoms with Crippen molar-refractivity contribution in [3.63, 3.8) is 0 Å². The van der Waals surface area contributed by atoms with Gasteiger partial charge in [0, 0.05) is 6.54 Å². The normalized spacial score (nSPS) is 12.4. The molecule has 0 aromatic heterocycles. The van der Waals surface area contributed by atoms with E-state index in [1.54, 1.807) is 7.05 Å². The van der Waals surface area contributed by atoms with Gasteiger partial charge in [-0.2, -0.15) is 13.2 Å². The molecule has 8 heteroatoms. The third-order valence-corrected chi connectivity index (χ3v) is 3.58. The van der Waals surface area contributed by atoms with Crippen molar-refractivity contribution in [3.05, 3.63) is 24.3 Å². The zero-order valence-electron chi connectivity index (χ0n) is 9.49. The first-order valence-electron chi connectivity index (χ1n) is 4.98. The highest BCUT2D eigenvalue weighted by Gasteiger charge is 2.48. The van der Waals surface area contributed by atoms with Crippen LogP contribution in [0.1, 0.15) is 0 Å². The summed E-state index contributed by atoms with van der Waals surface area (Å²) in [5.74, 6) is -0.301. The highest BCUT2D eigenvalue weighted by molar-refractivity contribution is 7.92. The Kier molecular flexibility index (Phi) is 4.58. The van der Waals surface area contributed by atoms with Gasteiger partial charge in [-0.3, -0.25) is 0 Å². The van der Waals surface area contributed by atoms with Crippen molar-refractivity contribution in [1.82, 2.24) is 5.32 Å². The van der Waals surface area contributed by atoms with Gasteiger partial charge in [0.1, 0.15) is 17.3 Å². The van der Waals surface area contributed by atoms with E-state index in [9.17, 15) is 21.6 Å². The summed E-state index contributed by atoms with van der Waals surface area (Å²) in [4.78, 5) is -0.867. The number of alkyl halides is 3. The molecule has 4 nitrogen and oxygen atoms in total. The van der Waals surface area contributed by atoms with E-state index in [4.69, 9.17) is 4.74 Å². The first-order chi connectivity index (χ1) is 8.30. The number of likely N-dealkylation sites (N-methyl/N-ethyl adjacent to an activating group) is 1. The van der Waals surface area contributed by atoms with Crippen LogP contribution < -0.4 is 10.1 Å². The topological polar surface area (TPSA) is 55.4 Å². The maximum absolute atomic E-state index is 12.4. The summed E-state index contributed by atoms with van der Waals surface area (Å²) in [7, 11) is -3.75. The molecular weight excluding hydrogens is 271 g/mol. The van der Waals surface area contributed by atoms with E-state index >= 15 is 0 Å². The molecule has 0 aliphatic carbocycles. The largest absolute Gasteiger partial charge is 0.502 e. The van der Waals surface area contributed by atoms with E-state index in [0.29, 0.717) is 6.54 Å². The summed E-state index contributed by atoms with van der Waals surface area (Å²) in [6.45, 7) is 0.460. The standard InChI is InChI=1S/C10H12F3NO3S/c1-14-6-7-17-8-4-2-3-5-9(8)18(15,16)10(11,12)13/h2-5,14H,6-7H2,1H3. The lowest BCUT2D eigenvalue weighted by Gasteiger charge is -2.13. The Bertz CT molecular complexity index is 499. The molecular formula is C10H12F3NO3S. The fraction of sp³-hybridized carbons (Fsp3) is 0.400. The minimum absolute atomic E-state index is 0.0703. The van der Waals surface area contributed by atoms with Crippen molar-refractivity contribution in [3.8, 4) is 5.75 Å². The lowest BCUT2D eigenvalue weighted by atomic mass is 10.3. The van der Waals surface area contributed by atoms with Crippen molar-refractivity contribution in [2.75, 3.05) is 20.2 Å². The Morgan fingerprint density at radius 3 is 2.44 bits per heavy atom. The summed E-state index contributed by atoms with van der Waals surface area (Å²) in [6, 6.07) is 4.68. The summed E-state index contributed by atoms with van der Waals surface area (Å²) < 4.78 is 64.9. The van der Waals surface area contributed by atoms with E-state index in [2.05, 4.69) is 5.32 Å². The molecule has 1 aromatic rings. The zero-order chi connectivity index (χ0) is 13.8. The smallest absolute Gasteiger partial charge is 0.491 e. The summed E-state index contributed by atoms with van der Waals surface area (Å²) in [6.07, 6.45) is 0. The van der Waals surface area contributed by atoms with Crippen molar-refractivity contribution in [1.29, 1.82) is 0 Å². The van der Waals surface area contributed by atoms with Gasteiger partial charge in [0.05, 0.1) is 0 Å². The number of ether oxygens (including phenoxy) is 1. The SMILES string of the molecule is CNCCOc1ccccc1S(=O)(=O)C(F)(F)F. The second-order valence-electron chi connectivity index (χ2n) is 3.35. The number of hydrogen-bond acceptors (Lipinski definition) is 4. The maximum atomic E-state index is 12.4. The van der Waals surface area contributed by atoms with Crippen molar-refractivity contribution in [2.24, 2.45) is 0 Å². The number of benzene rings is 1. The first kappa shape index (κ1) is 14.8. The van der Waals surface area contributed by atoms with Gasteiger partial charge in [0.2, 0.25) is 0 Å². The second kappa shape index (κ2) is 5.57. The molecule has 1 rings (SSSR count). The van der Waals surface area contributed by atoms with Gasteiger partial charge in [-0.1, -0.05) is 12.1 Å². The molecule has 0 spiro atoms. The van der Waals surface area contributed by atoms with Crippen LogP contribution in [0.4, 0.5) is 13.2 Å². The van der Waals surface area contributed by atoms with Gasteiger partial charge >= 0.3 is 5.51 Å². The fourth-order valence-electron chi connectivity index (χ4n) is 1.18. The molecule has 0 atom stereocenters. The lowest BCUT2D eigenvalue weighted by Crippen LogP contribution is -2.24. The molecule has 1 aromatic carbocycles. The van der Waals surface area contributed by atoms with Crippen LogP contribution in [-0.2, 0) is 9.84 Å². The van der Waals surface area contributed by atoms with Gasteiger partial charge < -0.3 is 10.1 Å². The van der Waals surface area contributed by atoms with Crippen LogP contribution >= 0.6 is 0 Å². The Morgan fingerprint density at radius 1 is 1.28 bits per heavy atom. The van der Waals surface area contributed by atoms with Crippen LogP contribution in [0.2, 0.25) is 0 Å². The van der Waals surface area contributed by atoms with E-state index in [-0.39, 0.29) is 12.4 Å².